The van der Waals surface area contributed by atoms with Crippen molar-refractivity contribution in [1.82, 2.24) is 0 Å². The number of aromatic nitrogens is 5. The molecule has 15 heteroatoms. The lowest BCUT2D eigenvalue weighted by Crippen LogP contribution is -2.30. The number of hydrogen-bond donors (Lipinski definition) is 0. The molecule has 0 aliphatic rings. The van der Waals surface area contributed by atoms with Crippen molar-refractivity contribution in [2.24, 2.45) is 35.2 Å². The first-order valence-corrected chi connectivity index (χ1v) is 49.4. The Bertz CT molecular complexity index is 9440. The van der Waals surface area contributed by atoms with E-state index in [0.29, 0.717) is 28.4 Å². The van der Waals surface area contributed by atoms with Gasteiger partial charge >= 0.3 is 0 Å². The largest absolute Gasteiger partial charge is 0.456 e. The lowest BCUT2D eigenvalue weighted by molar-refractivity contribution is -0.660. The molecule has 0 bridgehead atoms. The molecule has 0 amide bonds. The molecule has 0 aliphatic heterocycles. The summed E-state index contributed by atoms with van der Waals surface area (Å²) in [6.45, 7) is 69.9. The van der Waals surface area contributed by atoms with Gasteiger partial charge in [0.25, 0.3) is 0 Å². The highest BCUT2D eigenvalue weighted by Crippen LogP contribution is 2.53. The van der Waals surface area contributed by atoms with Crippen LogP contribution in [0, 0.1) is 95.2 Å². The smallest absolute Gasteiger partial charge is 0.216 e. The van der Waals surface area contributed by atoms with Crippen LogP contribution in [0.4, 0.5) is 28.4 Å². The fourth-order valence-corrected chi connectivity index (χ4v) is 21.3. The SMILES string of the molecule is [C-]#[N+]c1c(-c2ccccc2)cc2c(oc3c(-c4cccc[n+]4C)c(C)ccc32)c1C(C)C.[C-]#[N+]c1cc(-c2ccccc2)c2c(oc3c(-c4cccc[n+]4C)c(C)ccc32)c1C(C)C.[C-]#[N+]c1cc(C)c2oc3c(-c4cccc[n+]4C)c(C)ccc3c2c1C.[C-]#[N+]c1cc2c(oc3c(-c4cccc[n+]4C)c(C)ccc32)c(C)c1C.[C-]#[N+]c1ccc2c(oc3c(-c4cccc[n+]4C)c(C)cc(-c4ccccc4)c32)c1C(C)C. The summed E-state index contributed by atoms with van der Waals surface area (Å²) < 4.78 is 43.4. The molecular formula is C131H113N10O5+5. The van der Waals surface area contributed by atoms with Crippen LogP contribution in [0.25, 0.3) is 224 Å². The Morgan fingerprint density at radius 3 is 0.959 bits per heavy atom. The summed E-state index contributed by atoms with van der Waals surface area (Å²) in [5.74, 6) is 0.508. The van der Waals surface area contributed by atoms with Gasteiger partial charge in [0.05, 0.1) is 60.7 Å². The van der Waals surface area contributed by atoms with Gasteiger partial charge in [0.15, 0.2) is 53.7 Å². The number of rotatable bonds is 11. The molecule has 13 aromatic carbocycles. The predicted molar refractivity (Wildman–Crippen MR) is 594 cm³/mol. The summed E-state index contributed by atoms with van der Waals surface area (Å²) in [6, 6.07) is 93.4. The van der Waals surface area contributed by atoms with Crippen LogP contribution in [0.3, 0.4) is 0 Å². The van der Waals surface area contributed by atoms with Crippen molar-refractivity contribution >= 4 is 138 Å². The van der Waals surface area contributed by atoms with E-state index in [2.05, 4.69) is 327 Å². The van der Waals surface area contributed by atoms with E-state index >= 15 is 0 Å². The summed E-state index contributed by atoms with van der Waals surface area (Å²) in [6.07, 6.45) is 10.3. The fourth-order valence-electron chi connectivity index (χ4n) is 21.3. The number of hydrogen-bond acceptors (Lipinski definition) is 5. The molecule has 0 saturated heterocycles. The Kier molecular flexibility index (Phi) is 26.5. The second-order valence-electron chi connectivity index (χ2n) is 39.0. The molecule has 15 nitrogen and oxygen atoms in total. The number of aryl methyl sites for hydroxylation is 13. The van der Waals surface area contributed by atoms with Crippen molar-refractivity contribution in [3.8, 4) is 89.7 Å². The zero-order valence-corrected chi connectivity index (χ0v) is 86.1. The van der Waals surface area contributed by atoms with Crippen LogP contribution in [0.15, 0.2) is 326 Å². The van der Waals surface area contributed by atoms with E-state index in [1.165, 1.54) is 11.1 Å². The van der Waals surface area contributed by atoms with Crippen LogP contribution < -0.4 is 22.8 Å². The van der Waals surface area contributed by atoms with Crippen LogP contribution in [0.2, 0.25) is 0 Å². The molecule has 0 unspecified atom stereocenters. The molecule has 712 valence electrons. The van der Waals surface area contributed by atoms with Crippen LogP contribution in [0.5, 0.6) is 0 Å². The quantitative estimate of drug-likeness (QED) is 0.0947. The fraction of sp³-hybridized carbons (Fsp3) is 0.176. The molecular weight excluding hydrogens is 1790 g/mol. The van der Waals surface area contributed by atoms with E-state index in [-0.39, 0.29) is 17.8 Å². The molecule has 146 heavy (non-hydrogen) atoms. The van der Waals surface area contributed by atoms with Gasteiger partial charge in [-0.2, -0.15) is 0 Å². The summed E-state index contributed by atoms with van der Waals surface area (Å²) in [5, 5.41) is 10.7. The van der Waals surface area contributed by atoms with Gasteiger partial charge in [-0.25, -0.2) is 47.1 Å². The zero-order valence-electron chi connectivity index (χ0n) is 86.1. The van der Waals surface area contributed by atoms with Crippen molar-refractivity contribution in [3.63, 3.8) is 0 Å². The monoisotopic (exact) mass is 1910 g/mol. The first kappa shape index (κ1) is 96.9. The second-order valence-corrected chi connectivity index (χ2v) is 39.0. The Hall–Kier alpha value is -17.9. The lowest BCUT2D eigenvalue weighted by atomic mass is 9.91. The van der Waals surface area contributed by atoms with Gasteiger partial charge in [-0.05, 0) is 218 Å². The van der Waals surface area contributed by atoms with Gasteiger partial charge in [-0.3, -0.25) is 0 Å². The Balaban J connectivity index is 0.000000116. The van der Waals surface area contributed by atoms with Crippen molar-refractivity contribution < 1.29 is 44.9 Å². The summed E-state index contributed by atoms with van der Waals surface area (Å²) in [5.41, 5.74) is 42.4. The average molecular weight is 1910 g/mol. The van der Waals surface area contributed by atoms with Crippen LogP contribution in [-0.2, 0) is 35.2 Å². The minimum Gasteiger partial charge on any atom is -0.456 e. The van der Waals surface area contributed by atoms with E-state index in [9.17, 15) is 0 Å². The molecule has 0 N–H and O–H groups in total. The van der Waals surface area contributed by atoms with Crippen molar-refractivity contribution in [1.29, 1.82) is 0 Å². The Labute approximate surface area is 851 Å². The number of fused-ring (bicyclic) bond motifs is 15. The van der Waals surface area contributed by atoms with E-state index in [1.807, 2.05) is 163 Å². The molecule has 0 spiro atoms. The van der Waals surface area contributed by atoms with E-state index < -0.39 is 0 Å². The maximum atomic E-state index is 8.00. The van der Waals surface area contributed by atoms with E-state index in [0.717, 1.165) is 255 Å². The normalized spacial score (nSPS) is 11.3. The maximum absolute atomic E-state index is 8.00. The van der Waals surface area contributed by atoms with Gasteiger partial charge in [0.1, 0.15) is 91.1 Å². The Morgan fingerprint density at radius 2 is 0.541 bits per heavy atom. The highest BCUT2D eigenvalue weighted by Gasteiger charge is 2.33. The van der Waals surface area contributed by atoms with Gasteiger partial charge in [-0.15, -0.1) is 0 Å². The van der Waals surface area contributed by atoms with E-state index in [1.54, 1.807) is 0 Å². The third kappa shape index (κ3) is 17.0. The highest BCUT2D eigenvalue weighted by molar-refractivity contribution is 6.21. The topological polar surface area (TPSA) is 107 Å². The third-order valence-electron chi connectivity index (χ3n) is 28.8. The molecule has 10 aromatic heterocycles. The standard InChI is InChI=1S/3C29H25N2O.2C22H19N2O/c1-18(2)25-23(30-4)15-14-21-27-22(20-11-7-6-8-12-20)17-19(3)26(29(27)32-28(21)25)24-13-9-10-16-31(24)5;1-18(2)25-23(30-4)17-22(20-11-7-6-8-12-20)27-21-15-14-19(3)26(28(21)32-29(25)27)24-13-9-10-16-31(24)5;1-18(2)25-27(30-4)22(20-11-7-6-8-12-20)17-23-21-15-14-19(3)26(28(21)32-29(23)25)24-13-9-10-16-31(24)5;1-13-9-10-16-17-12-18(23-4)14(2)15(3)21(17)25-22(16)20(13)19-8-6-7-11-24(19)5;1-13-9-10-16-20-15(3)17(23-4)12-14(2)21(20)25-22(16)19(13)18-8-6-7-11-24(18)5/h3*6-18H,1-3,5H3;2*6-12H,1-3,5H3/q5*+1. The minimum absolute atomic E-state index is 0.156. The summed E-state index contributed by atoms with van der Waals surface area (Å²) in [7, 11) is 10.3. The van der Waals surface area contributed by atoms with Crippen LogP contribution >= 0.6 is 0 Å². The third-order valence-corrected chi connectivity index (χ3v) is 28.8. The molecule has 0 radical (unpaired) electrons. The summed E-state index contributed by atoms with van der Waals surface area (Å²) in [4.78, 5) is 19.0. The van der Waals surface area contributed by atoms with Crippen molar-refractivity contribution in [3.05, 3.63) is 428 Å². The molecule has 23 rings (SSSR count). The number of nitrogens with zero attached hydrogens (tertiary/aromatic N) is 10. The lowest BCUT2D eigenvalue weighted by Gasteiger charge is -2.13. The van der Waals surface area contributed by atoms with Gasteiger partial charge in [-0.1, -0.05) is 199 Å². The van der Waals surface area contributed by atoms with Crippen LogP contribution in [-0.4, -0.2) is 0 Å². The molecule has 0 atom stereocenters. The molecule has 0 aliphatic carbocycles. The second kappa shape index (κ2) is 39.9. The maximum Gasteiger partial charge on any atom is 0.216 e. The first-order chi connectivity index (χ1) is 70.6. The minimum atomic E-state index is 0.156. The van der Waals surface area contributed by atoms with Crippen molar-refractivity contribution in [2.45, 2.75) is 122 Å². The van der Waals surface area contributed by atoms with Crippen molar-refractivity contribution in [2.75, 3.05) is 0 Å². The van der Waals surface area contributed by atoms with Gasteiger partial charge in [0.2, 0.25) is 34.2 Å². The number of benzene rings is 13. The van der Waals surface area contributed by atoms with Crippen LogP contribution in [0.1, 0.15) is 126 Å². The zero-order chi connectivity index (χ0) is 103. The van der Waals surface area contributed by atoms with Gasteiger partial charge in [0, 0.05) is 131 Å². The Morgan fingerprint density at radius 1 is 0.219 bits per heavy atom. The molecule has 10 heterocycles. The molecule has 0 saturated carbocycles. The number of furan rings is 5. The summed E-state index contributed by atoms with van der Waals surface area (Å²) >= 11 is 0. The number of pyridine rings is 5. The average Bonchev–Trinajstić information content (AvgIpc) is 1.59. The van der Waals surface area contributed by atoms with Gasteiger partial charge < -0.3 is 22.1 Å². The molecule has 23 aromatic rings. The predicted octanol–water partition coefficient (Wildman–Crippen LogP) is 34.3. The van der Waals surface area contributed by atoms with E-state index in [4.69, 9.17) is 54.9 Å². The first-order valence-electron chi connectivity index (χ1n) is 49.4. The highest BCUT2D eigenvalue weighted by atomic mass is 16.3. The molecule has 0 fully saturated rings.